The normalized spacial score (nSPS) is 14.2. The zero-order chi connectivity index (χ0) is 10.5. The maximum Gasteiger partial charge on any atom is 0.335 e. The summed E-state index contributed by atoms with van der Waals surface area (Å²) >= 11 is 0. The van der Waals surface area contributed by atoms with Gasteiger partial charge in [-0.1, -0.05) is 19.8 Å². The molecule has 0 bridgehead atoms. The summed E-state index contributed by atoms with van der Waals surface area (Å²) in [5.41, 5.74) is -1.13. The topological polar surface area (TPSA) is 74.6 Å². The van der Waals surface area contributed by atoms with Gasteiger partial charge in [0.15, 0.2) is 0 Å². The van der Waals surface area contributed by atoms with Gasteiger partial charge in [0.2, 0.25) is 0 Å². The van der Waals surface area contributed by atoms with Crippen LogP contribution in [0.5, 0.6) is 0 Å². The highest BCUT2D eigenvalue weighted by Crippen LogP contribution is 2.41. The van der Waals surface area contributed by atoms with Crippen LogP contribution >= 0.6 is 7.60 Å². The first-order valence-electron chi connectivity index (χ1n) is 4.47. The van der Waals surface area contributed by atoms with Crippen molar-refractivity contribution in [2.75, 3.05) is 0 Å². The van der Waals surface area contributed by atoms with Crippen molar-refractivity contribution >= 4 is 13.4 Å². The lowest BCUT2D eigenvalue weighted by Gasteiger charge is -2.11. The lowest BCUT2D eigenvalue weighted by molar-refractivity contribution is -0.118. The second kappa shape index (κ2) is 5.53. The number of unbranched alkanes of at least 4 members (excludes halogenated alkanes) is 2. The van der Waals surface area contributed by atoms with Gasteiger partial charge in [-0.3, -0.25) is 9.36 Å². The third kappa shape index (κ3) is 5.19. The SMILES string of the molecule is CCCCCC(=O)C(C)P(=O)(O)O. The van der Waals surface area contributed by atoms with E-state index in [4.69, 9.17) is 9.79 Å². The first kappa shape index (κ1) is 12.8. The van der Waals surface area contributed by atoms with Gasteiger partial charge in [-0.05, 0) is 13.3 Å². The summed E-state index contributed by atoms with van der Waals surface area (Å²) in [4.78, 5) is 28.6. The van der Waals surface area contributed by atoms with Crippen LogP contribution in [0.15, 0.2) is 0 Å². The molecule has 0 rings (SSSR count). The third-order valence-corrected chi connectivity index (χ3v) is 3.29. The van der Waals surface area contributed by atoms with E-state index in [0.29, 0.717) is 0 Å². The smallest absolute Gasteiger partial charge is 0.324 e. The summed E-state index contributed by atoms with van der Waals surface area (Å²) in [5.74, 6) is -0.332. The molecule has 0 fully saturated rings. The monoisotopic (exact) mass is 208 g/mol. The molecule has 13 heavy (non-hydrogen) atoms. The van der Waals surface area contributed by atoms with E-state index in [2.05, 4.69) is 0 Å². The van der Waals surface area contributed by atoms with Crippen LogP contribution in [0.25, 0.3) is 0 Å². The van der Waals surface area contributed by atoms with Gasteiger partial charge >= 0.3 is 7.60 Å². The average molecular weight is 208 g/mol. The van der Waals surface area contributed by atoms with Gasteiger partial charge in [0.05, 0.1) is 0 Å². The minimum atomic E-state index is -4.21. The molecule has 0 saturated carbocycles. The number of hydrogen-bond donors (Lipinski definition) is 2. The van der Waals surface area contributed by atoms with Crippen LogP contribution in [0.1, 0.15) is 39.5 Å². The maximum absolute atomic E-state index is 11.2. The number of Topliss-reactive ketones (excluding diaryl/α,β-unsaturated/α-hetero) is 1. The van der Waals surface area contributed by atoms with E-state index < -0.39 is 13.3 Å². The van der Waals surface area contributed by atoms with E-state index in [0.717, 1.165) is 19.3 Å². The zero-order valence-electron chi connectivity index (χ0n) is 8.06. The molecule has 0 aromatic carbocycles. The average Bonchev–Trinajstić information content (AvgIpc) is 2.01. The van der Waals surface area contributed by atoms with Crippen molar-refractivity contribution in [1.82, 2.24) is 0 Å². The molecule has 0 aliphatic heterocycles. The van der Waals surface area contributed by atoms with Crippen LogP contribution < -0.4 is 0 Å². The van der Waals surface area contributed by atoms with Gasteiger partial charge in [0, 0.05) is 6.42 Å². The molecule has 4 nitrogen and oxygen atoms in total. The number of hydrogen-bond acceptors (Lipinski definition) is 2. The van der Waals surface area contributed by atoms with Crippen LogP contribution in [0.4, 0.5) is 0 Å². The number of ketones is 1. The molecule has 0 saturated heterocycles. The first-order valence-corrected chi connectivity index (χ1v) is 6.15. The highest BCUT2D eigenvalue weighted by Gasteiger charge is 2.29. The second-order valence-electron chi connectivity index (χ2n) is 3.19. The summed E-state index contributed by atoms with van der Waals surface area (Å²) < 4.78 is 10.7. The fourth-order valence-corrected chi connectivity index (χ4v) is 1.45. The Kier molecular flexibility index (Phi) is 5.45. The molecular weight excluding hydrogens is 191 g/mol. The minimum Gasteiger partial charge on any atom is -0.324 e. The van der Waals surface area contributed by atoms with E-state index >= 15 is 0 Å². The Bertz CT molecular complexity index is 208. The van der Waals surface area contributed by atoms with E-state index in [1.807, 2.05) is 6.92 Å². The molecule has 0 spiro atoms. The highest BCUT2D eigenvalue weighted by atomic mass is 31.2. The van der Waals surface area contributed by atoms with Gasteiger partial charge in [0.1, 0.15) is 11.4 Å². The largest absolute Gasteiger partial charge is 0.335 e. The Morgan fingerprint density at radius 3 is 2.31 bits per heavy atom. The summed E-state index contributed by atoms with van der Waals surface area (Å²) in [6.07, 6.45) is 2.93. The van der Waals surface area contributed by atoms with Crippen molar-refractivity contribution < 1.29 is 19.1 Å². The standard InChI is InChI=1S/C8H17O4P/c1-3-4-5-6-8(9)7(2)13(10,11)12/h7H,3-6H2,1-2H3,(H2,10,11,12). The Hall–Kier alpha value is -0.180. The molecule has 0 aromatic rings. The predicted octanol–water partition coefficient (Wildman–Crippen LogP) is 1.70. The maximum atomic E-state index is 11.2. The fourth-order valence-electron chi connectivity index (χ4n) is 0.946. The molecule has 5 heteroatoms. The van der Waals surface area contributed by atoms with Gasteiger partial charge in [-0.2, -0.15) is 0 Å². The van der Waals surface area contributed by atoms with Crippen molar-refractivity contribution in [2.45, 2.75) is 45.2 Å². The Balaban J connectivity index is 3.91. The van der Waals surface area contributed by atoms with Crippen molar-refractivity contribution in [3.63, 3.8) is 0 Å². The van der Waals surface area contributed by atoms with Crippen LogP contribution in [0.2, 0.25) is 0 Å². The molecule has 2 N–H and O–H groups in total. The highest BCUT2D eigenvalue weighted by molar-refractivity contribution is 7.53. The molecule has 1 atom stereocenters. The van der Waals surface area contributed by atoms with E-state index in [9.17, 15) is 9.36 Å². The van der Waals surface area contributed by atoms with Crippen LogP contribution in [-0.2, 0) is 9.36 Å². The van der Waals surface area contributed by atoms with E-state index in [1.165, 1.54) is 6.92 Å². The predicted molar refractivity (Wildman–Crippen MR) is 50.7 cm³/mol. The van der Waals surface area contributed by atoms with Gasteiger partial charge < -0.3 is 9.79 Å². The van der Waals surface area contributed by atoms with Crippen LogP contribution in [0, 0.1) is 0 Å². The Morgan fingerprint density at radius 2 is 1.92 bits per heavy atom. The van der Waals surface area contributed by atoms with Crippen LogP contribution in [0.3, 0.4) is 0 Å². The molecule has 0 aliphatic rings. The summed E-state index contributed by atoms with van der Waals surface area (Å²) in [5, 5.41) is 0. The number of carbonyl (C=O) groups excluding carboxylic acids is 1. The molecular formula is C8H17O4P. The molecule has 0 amide bonds. The molecule has 78 valence electrons. The van der Waals surface area contributed by atoms with Crippen molar-refractivity contribution in [1.29, 1.82) is 0 Å². The van der Waals surface area contributed by atoms with Gasteiger partial charge in [0.25, 0.3) is 0 Å². The number of rotatable bonds is 6. The molecule has 1 unspecified atom stereocenters. The van der Waals surface area contributed by atoms with Crippen molar-refractivity contribution in [3.05, 3.63) is 0 Å². The van der Waals surface area contributed by atoms with Crippen molar-refractivity contribution in [2.24, 2.45) is 0 Å². The molecule has 0 aromatic heterocycles. The van der Waals surface area contributed by atoms with Crippen molar-refractivity contribution in [3.8, 4) is 0 Å². The molecule has 0 radical (unpaired) electrons. The summed E-state index contributed by atoms with van der Waals surface area (Å²) in [7, 11) is -4.21. The second-order valence-corrected chi connectivity index (χ2v) is 5.14. The Labute approximate surface area is 78.5 Å². The summed E-state index contributed by atoms with van der Waals surface area (Å²) in [6, 6.07) is 0. The molecule has 0 aliphatic carbocycles. The van der Waals surface area contributed by atoms with E-state index in [-0.39, 0.29) is 12.2 Å². The van der Waals surface area contributed by atoms with Gasteiger partial charge in [-0.15, -0.1) is 0 Å². The minimum absolute atomic E-state index is 0.278. The first-order chi connectivity index (χ1) is 5.89. The van der Waals surface area contributed by atoms with E-state index in [1.54, 1.807) is 0 Å². The van der Waals surface area contributed by atoms with Crippen LogP contribution in [-0.4, -0.2) is 21.2 Å². The Morgan fingerprint density at radius 1 is 1.38 bits per heavy atom. The van der Waals surface area contributed by atoms with Gasteiger partial charge in [-0.25, -0.2) is 0 Å². The lowest BCUT2D eigenvalue weighted by atomic mass is 10.1. The lowest BCUT2D eigenvalue weighted by Crippen LogP contribution is -2.16. The fraction of sp³-hybridized carbons (Fsp3) is 0.875. The number of carbonyl (C=O) groups is 1. The molecule has 0 heterocycles. The quantitative estimate of drug-likeness (QED) is 0.514. The zero-order valence-corrected chi connectivity index (χ0v) is 8.96. The summed E-state index contributed by atoms with van der Waals surface area (Å²) in [6.45, 7) is 3.30. The third-order valence-electron chi connectivity index (χ3n) is 2.00.